The smallest absolute Gasteiger partial charge is 0.0897 e. The zero-order chi connectivity index (χ0) is 13.4. The molecule has 0 aromatic carbocycles. The van der Waals surface area contributed by atoms with Gasteiger partial charge in [0.15, 0.2) is 0 Å². The van der Waals surface area contributed by atoms with Crippen molar-refractivity contribution in [2.24, 2.45) is 5.92 Å². The van der Waals surface area contributed by atoms with Crippen LogP contribution in [0.4, 0.5) is 0 Å². The maximum Gasteiger partial charge on any atom is 0.0897 e. The number of likely N-dealkylation sites (N-methyl/N-ethyl adjacent to an activating group) is 1. The van der Waals surface area contributed by atoms with Crippen molar-refractivity contribution < 1.29 is 0 Å². The highest BCUT2D eigenvalue weighted by Gasteiger charge is 2.20. The number of aryl methyl sites for hydroxylation is 1. The van der Waals surface area contributed by atoms with Gasteiger partial charge in [0, 0.05) is 17.8 Å². The molecular formula is C15H28N2S. The van der Waals surface area contributed by atoms with Gasteiger partial charge in [0.25, 0.3) is 0 Å². The van der Waals surface area contributed by atoms with Gasteiger partial charge >= 0.3 is 0 Å². The molecule has 0 saturated carbocycles. The van der Waals surface area contributed by atoms with Crippen LogP contribution in [-0.2, 0) is 6.42 Å². The number of nitrogens with zero attached hydrogens (tertiary/aromatic N) is 1. The van der Waals surface area contributed by atoms with Gasteiger partial charge in [-0.05, 0) is 32.2 Å². The van der Waals surface area contributed by atoms with Gasteiger partial charge in [-0.1, -0.05) is 33.6 Å². The van der Waals surface area contributed by atoms with Gasteiger partial charge in [0.05, 0.1) is 10.7 Å². The van der Waals surface area contributed by atoms with Gasteiger partial charge in [-0.2, -0.15) is 0 Å². The predicted octanol–water partition coefficient (Wildman–Crippen LogP) is 4.19. The molecule has 1 unspecified atom stereocenters. The van der Waals surface area contributed by atoms with E-state index in [1.807, 2.05) is 0 Å². The van der Waals surface area contributed by atoms with E-state index in [0.29, 0.717) is 6.04 Å². The zero-order valence-electron chi connectivity index (χ0n) is 12.3. The first-order valence-corrected chi connectivity index (χ1v) is 8.23. The lowest BCUT2D eigenvalue weighted by Crippen LogP contribution is -2.38. The summed E-state index contributed by atoms with van der Waals surface area (Å²) in [6, 6.07) is 0.594. The summed E-state index contributed by atoms with van der Waals surface area (Å²) in [5.74, 6) is 0.793. The average molecular weight is 268 g/mol. The Labute approximate surface area is 116 Å². The van der Waals surface area contributed by atoms with Crippen LogP contribution in [0.1, 0.15) is 57.2 Å². The van der Waals surface area contributed by atoms with E-state index in [9.17, 15) is 0 Å². The van der Waals surface area contributed by atoms with E-state index in [4.69, 9.17) is 0 Å². The van der Waals surface area contributed by atoms with Crippen molar-refractivity contribution in [3.63, 3.8) is 0 Å². The Morgan fingerprint density at radius 3 is 2.33 bits per heavy atom. The van der Waals surface area contributed by atoms with Gasteiger partial charge in [0.1, 0.15) is 0 Å². The molecule has 18 heavy (non-hydrogen) atoms. The molecule has 0 radical (unpaired) electrons. The van der Waals surface area contributed by atoms with Crippen LogP contribution in [0.25, 0.3) is 0 Å². The van der Waals surface area contributed by atoms with Crippen LogP contribution in [0.15, 0.2) is 5.38 Å². The molecule has 0 saturated heterocycles. The van der Waals surface area contributed by atoms with E-state index in [1.54, 1.807) is 11.3 Å². The summed E-state index contributed by atoms with van der Waals surface area (Å²) in [7, 11) is 0. The second kappa shape index (κ2) is 8.65. The van der Waals surface area contributed by atoms with Crippen molar-refractivity contribution in [3.05, 3.63) is 16.1 Å². The monoisotopic (exact) mass is 268 g/mol. The van der Waals surface area contributed by atoms with Crippen molar-refractivity contribution in [3.8, 4) is 0 Å². The third-order valence-electron chi connectivity index (χ3n) is 3.45. The summed E-state index contributed by atoms with van der Waals surface area (Å²) >= 11 is 1.76. The summed E-state index contributed by atoms with van der Waals surface area (Å²) in [6.07, 6.45) is 6.30. The Morgan fingerprint density at radius 1 is 1.22 bits per heavy atom. The molecule has 0 aliphatic carbocycles. The minimum absolute atomic E-state index is 0.594. The fraction of sp³-hybridized carbons (Fsp3) is 0.800. The first kappa shape index (κ1) is 15.6. The largest absolute Gasteiger partial charge is 0.314 e. The van der Waals surface area contributed by atoms with E-state index >= 15 is 0 Å². The lowest BCUT2D eigenvalue weighted by atomic mass is 9.88. The van der Waals surface area contributed by atoms with Gasteiger partial charge in [0.2, 0.25) is 0 Å². The quantitative estimate of drug-likeness (QED) is 0.726. The minimum Gasteiger partial charge on any atom is -0.314 e. The first-order chi connectivity index (χ1) is 8.71. The maximum atomic E-state index is 4.61. The highest BCUT2D eigenvalue weighted by atomic mass is 32.1. The van der Waals surface area contributed by atoms with Crippen LogP contribution >= 0.6 is 11.3 Å². The molecule has 0 aliphatic rings. The molecule has 104 valence electrons. The van der Waals surface area contributed by atoms with Gasteiger partial charge < -0.3 is 5.32 Å². The normalized spacial score (nSPS) is 13.2. The van der Waals surface area contributed by atoms with E-state index in [-0.39, 0.29) is 0 Å². The van der Waals surface area contributed by atoms with Gasteiger partial charge in [-0.3, -0.25) is 0 Å². The number of nitrogens with one attached hydrogen (secondary N) is 1. The van der Waals surface area contributed by atoms with Crippen LogP contribution in [0.3, 0.4) is 0 Å². The molecular weight excluding hydrogens is 240 g/mol. The fourth-order valence-corrected chi connectivity index (χ4v) is 3.31. The second-order valence-electron chi connectivity index (χ2n) is 5.06. The lowest BCUT2D eigenvalue weighted by molar-refractivity contribution is 0.311. The Hall–Kier alpha value is -0.410. The SMILES string of the molecule is CCCC(CCC)C(Cc1csc(C)n1)NCC. The molecule has 1 rings (SSSR count). The van der Waals surface area contributed by atoms with E-state index in [1.165, 1.54) is 36.4 Å². The standard InChI is InChI=1S/C15H28N2S/c1-5-8-13(9-6-2)15(16-7-3)10-14-11-18-12(4)17-14/h11,13,15-16H,5-10H2,1-4H3. The molecule has 0 amide bonds. The molecule has 0 spiro atoms. The molecule has 2 nitrogen and oxygen atoms in total. The van der Waals surface area contributed by atoms with Crippen molar-refractivity contribution in [2.75, 3.05) is 6.54 Å². The van der Waals surface area contributed by atoms with Gasteiger partial charge in [-0.15, -0.1) is 11.3 Å². The fourth-order valence-electron chi connectivity index (χ4n) is 2.68. The van der Waals surface area contributed by atoms with E-state index in [2.05, 4.69) is 43.4 Å². The molecule has 1 aromatic rings. The Kier molecular flexibility index (Phi) is 7.52. The maximum absolute atomic E-state index is 4.61. The number of hydrogen-bond acceptors (Lipinski definition) is 3. The summed E-state index contributed by atoms with van der Waals surface area (Å²) in [4.78, 5) is 4.61. The lowest BCUT2D eigenvalue weighted by Gasteiger charge is -2.27. The topological polar surface area (TPSA) is 24.9 Å². The molecule has 1 atom stereocenters. The van der Waals surface area contributed by atoms with Crippen LogP contribution < -0.4 is 5.32 Å². The van der Waals surface area contributed by atoms with Crippen molar-refractivity contribution in [1.82, 2.24) is 10.3 Å². The number of aromatic nitrogens is 1. The Balaban J connectivity index is 2.66. The van der Waals surface area contributed by atoms with Gasteiger partial charge in [-0.25, -0.2) is 4.98 Å². The summed E-state index contributed by atoms with van der Waals surface area (Å²) in [5.41, 5.74) is 1.26. The Morgan fingerprint density at radius 2 is 1.89 bits per heavy atom. The molecule has 1 heterocycles. The second-order valence-corrected chi connectivity index (χ2v) is 6.13. The number of rotatable bonds is 9. The van der Waals surface area contributed by atoms with Crippen LogP contribution in [0.2, 0.25) is 0 Å². The summed E-state index contributed by atoms with van der Waals surface area (Å²) < 4.78 is 0. The molecule has 1 N–H and O–H groups in total. The first-order valence-electron chi connectivity index (χ1n) is 7.35. The predicted molar refractivity (Wildman–Crippen MR) is 81.3 cm³/mol. The minimum atomic E-state index is 0.594. The molecule has 0 fully saturated rings. The van der Waals surface area contributed by atoms with Crippen LogP contribution in [0.5, 0.6) is 0 Å². The molecule has 1 aromatic heterocycles. The Bertz CT molecular complexity index is 316. The van der Waals surface area contributed by atoms with Crippen molar-refractivity contribution >= 4 is 11.3 Å². The highest BCUT2D eigenvalue weighted by molar-refractivity contribution is 7.09. The third kappa shape index (κ3) is 5.07. The van der Waals surface area contributed by atoms with E-state index in [0.717, 1.165) is 18.9 Å². The summed E-state index contributed by atoms with van der Waals surface area (Å²) in [5, 5.41) is 7.07. The number of thiazole rings is 1. The average Bonchev–Trinajstić information content (AvgIpc) is 2.74. The summed E-state index contributed by atoms with van der Waals surface area (Å²) in [6.45, 7) is 9.93. The van der Waals surface area contributed by atoms with E-state index < -0.39 is 0 Å². The van der Waals surface area contributed by atoms with Crippen LogP contribution in [0, 0.1) is 12.8 Å². The van der Waals surface area contributed by atoms with Crippen molar-refractivity contribution in [2.45, 2.75) is 65.8 Å². The van der Waals surface area contributed by atoms with Crippen LogP contribution in [-0.4, -0.2) is 17.6 Å². The van der Waals surface area contributed by atoms with Crippen molar-refractivity contribution in [1.29, 1.82) is 0 Å². The molecule has 0 bridgehead atoms. The third-order valence-corrected chi connectivity index (χ3v) is 4.27. The molecule has 3 heteroatoms. The highest BCUT2D eigenvalue weighted by Crippen LogP contribution is 2.21. The number of hydrogen-bond donors (Lipinski definition) is 1. The molecule has 0 aliphatic heterocycles. The zero-order valence-corrected chi connectivity index (χ0v) is 13.1.